The summed E-state index contributed by atoms with van der Waals surface area (Å²) in [4.78, 5) is 13.0. The standard InChI is InChI=1S/C55H94O14/c1-3-5-7-9-11-13-15-17-18-19-20-21-22-23-24-25-27-29-31-33-35-37-39-64-41-44(67-47(57)38-36-34-32-30-28-26-16-14-12-10-8-6-4-2)42-65-54-53(63)51(61)49(59)46(69-54)43-66-55-52(62)50(60)48(58)45(40-56)68-55/h5,7-8,10-11,13-14,16-18,20-21,44-46,48-56,58-63H,3-4,6,9,12,15,19,22-43H2,1-2H3/b7-5-,10-8-,13-11-,16-14-,18-17-,21-20-. The Labute approximate surface area is 415 Å². The van der Waals surface area contributed by atoms with E-state index in [2.05, 4.69) is 86.8 Å². The summed E-state index contributed by atoms with van der Waals surface area (Å²) in [6, 6.07) is 0. The maximum absolute atomic E-state index is 13.0. The van der Waals surface area contributed by atoms with Gasteiger partial charge in [-0.25, -0.2) is 0 Å². The van der Waals surface area contributed by atoms with Crippen LogP contribution in [0.25, 0.3) is 0 Å². The highest BCUT2D eigenvalue weighted by Crippen LogP contribution is 2.26. The summed E-state index contributed by atoms with van der Waals surface area (Å²) in [6.45, 7) is 3.46. The van der Waals surface area contributed by atoms with Crippen LogP contribution in [0.15, 0.2) is 72.9 Å². The highest BCUT2D eigenvalue weighted by atomic mass is 16.7. The molecule has 69 heavy (non-hydrogen) atoms. The molecule has 2 saturated heterocycles. The fourth-order valence-electron chi connectivity index (χ4n) is 7.90. The second kappa shape index (κ2) is 42.0. The van der Waals surface area contributed by atoms with Gasteiger partial charge in [0.1, 0.15) is 54.9 Å². The second-order valence-corrected chi connectivity index (χ2v) is 18.3. The van der Waals surface area contributed by atoms with E-state index in [1.807, 2.05) is 0 Å². The molecule has 0 amide bonds. The van der Waals surface area contributed by atoms with Crippen LogP contribution in [0.2, 0.25) is 0 Å². The minimum absolute atomic E-state index is 0.0478. The maximum atomic E-state index is 13.0. The Balaban J connectivity index is 1.74. The SMILES string of the molecule is CC/C=C\C/C=C\C/C=C\C/C=C\CCCCCCCCCCCOCC(COC1OC(COC2OC(CO)C(O)C(O)C2O)C(O)C(O)C1O)OC(=O)CCCCCCC/C=C\C/C=C\CCC. The summed E-state index contributed by atoms with van der Waals surface area (Å²) >= 11 is 0. The summed E-state index contributed by atoms with van der Waals surface area (Å²) < 4.78 is 34.3. The first-order valence-corrected chi connectivity index (χ1v) is 26.5. The lowest BCUT2D eigenvalue weighted by atomic mass is 9.98. The van der Waals surface area contributed by atoms with Gasteiger partial charge in [-0.05, 0) is 77.0 Å². The summed E-state index contributed by atoms with van der Waals surface area (Å²) in [5, 5.41) is 72.2. The summed E-state index contributed by atoms with van der Waals surface area (Å²) in [5.74, 6) is -0.396. The van der Waals surface area contributed by atoms with Crippen molar-refractivity contribution in [1.29, 1.82) is 0 Å². The molecule has 0 spiro atoms. The summed E-state index contributed by atoms with van der Waals surface area (Å²) in [6.07, 6.45) is 35.3. The van der Waals surface area contributed by atoms with Gasteiger partial charge < -0.3 is 64.2 Å². The van der Waals surface area contributed by atoms with Crippen molar-refractivity contribution in [2.45, 2.75) is 235 Å². The Morgan fingerprint density at radius 3 is 1.48 bits per heavy atom. The molecule has 14 nitrogen and oxygen atoms in total. The predicted molar refractivity (Wildman–Crippen MR) is 270 cm³/mol. The van der Waals surface area contributed by atoms with Gasteiger partial charge in [0.25, 0.3) is 0 Å². The van der Waals surface area contributed by atoms with Crippen molar-refractivity contribution >= 4 is 5.97 Å². The van der Waals surface area contributed by atoms with E-state index in [1.165, 1.54) is 38.5 Å². The van der Waals surface area contributed by atoms with Gasteiger partial charge in [-0.1, -0.05) is 157 Å². The number of ether oxygens (including phenoxy) is 6. The van der Waals surface area contributed by atoms with E-state index >= 15 is 0 Å². The normalized spacial score (nSPS) is 26.3. The van der Waals surface area contributed by atoms with Crippen molar-refractivity contribution in [3.8, 4) is 0 Å². The van der Waals surface area contributed by atoms with E-state index in [-0.39, 0.29) is 19.6 Å². The lowest BCUT2D eigenvalue weighted by Crippen LogP contribution is -2.61. The van der Waals surface area contributed by atoms with Crippen LogP contribution in [0.5, 0.6) is 0 Å². The van der Waals surface area contributed by atoms with E-state index in [0.29, 0.717) is 13.0 Å². The average molecular weight is 979 g/mol. The topological polar surface area (TPSA) is 214 Å². The number of aliphatic hydroxyl groups excluding tert-OH is 7. The fourth-order valence-corrected chi connectivity index (χ4v) is 7.90. The molecule has 2 fully saturated rings. The highest BCUT2D eigenvalue weighted by molar-refractivity contribution is 5.69. The number of hydrogen-bond acceptors (Lipinski definition) is 14. The molecular formula is C55H94O14. The Kier molecular flexibility index (Phi) is 38.1. The predicted octanol–water partition coefficient (Wildman–Crippen LogP) is 8.29. The van der Waals surface area contributed by atoms with Crippen LogP contribution in [0.4, 0.5) is 0 Å². The van der Waals surface area contributed by atoms with Crippen LogP contribution in [0.3, 0.4) is 0 Å². The van der Waals surface area contributed by atoms with Crippen LogP contribution < -0.4 is 0 Å². The Morgan fingerprint density at radius 2 is 0.942 bits per heavy atom. The van der Waals surface area contributed by atoms with E-state index in [1.54, 1.807) is 0 Å². The molecule has 2 rings (SSSR count). The van der Waals surface area contributed by atoms with E-state index in [9.17, 15) is 40.5 Å². The number of rotatable bonds is 41. The first kappa shape index (κ1) is 62.5. The van der Waals surface area contributed by atoms with Gasteiger partial charge in [0, 0.05) is 13.0 Å². The van der Waals surface area contributed by atoms with Crippen molar-refractivity contribution in [1.82, 2.24) is 0 Å². The Morgan fingerprint density at radius 1 is 0.493 bits per heavy atom. The lowest BCUT2D eigenvalue weighted by molar-refractivity contribution is -0.332. The third-order valence-electron chi connectivity index (χ3n) is 12.2. The molecular weight excluding hydrogens is 885 g/mol. The third kappa shape index (κ3) is 29.5. The van der Waals surface area contributed by atoms with Gasteiger partial charge in [-0.3, -0.25) is 4.79 Å². The summed E-state index contributed by atoms with van der Waals surface area (Å²) in [7, 11) is 0. The second-order valence-electron chi connectivity index (χ2n) is 18.3. The minimum atomic E-state index is -1.71. The van der Waals surface area contributed by atoms with Gasteiger partial charge in [0.05, 0.1) is 26.4 Å². The molecule has 0 aliphatic carbocycles. The molecule has 11 unspecified atom stereocenters. The number of allylic oxidation sites excluding steroid dienone is 12. The molecule has 7 N–H and O–H groups in total. The zero-order chi connectivity index (χ0) is 50.2. The summed E-state index contributed by atoms with van der Waals surface area (Å²) in [5.41, 5.74) is 0. The van der Waals surface area contributed by atoms with Crippen molar-refractivity contribution in [3.05, 3.63) is 72.9 Å². The van der Waals surface area contributed by atoms with Crippen molar-refractivity contribution in [2.75, 3.05) is 33.0 Å². The molecule has 2 aliphatic heterocycles. The zero-order valence-corrected chi connectivity index (χ0v) is 42.3. The molecule has 0 aromatic carbocycles. The molecule has 11 atom stereocenters. The van der Waals surface area contributed by atoms with Crippen LogP contribution in [-0.4, -0.2) is 142 Å². The molecule has 0 aromatic heterocycles. The molecule has 0 aromatic rings. The molecule has 0 bridgehead atoms. The first-order valence-electron chi connectivity index (χ1n) is 26.5. The molecule has 2 heterocycles. The van der Waals surface area contributed by atoms with Crippen LogP contribution in [-0.2, 0) is 33.2 Å². The van der Waals surface area contributed by atoms with Gasteiger partial charge in [0.2, 0.25) is 0 Å². The van der Waals surface area contributed by atoms with E-state index < -0.39 is 86.7 Å². The maximum Gasteiger partial charge on any atom is 0.306 e. The lowest BCUT2D eigenvalue weighted by Gasteiger charge is -2.42. The number of esters is 1. The van der Waals surface area contributed by atoms with Crippen LogP contribution >= 0.6 is 0 Å². The fraction of sp³-hybridized carbons (Fsp3) is 0.764. The first-order chi connectivity index (χ1) is 33.6. The molecule has 0 radical (unpaired) electrons. The number of carbonyl (C=O) groups excluding carboxylic acids is 1. The third-order valence-corrected chi connectivity index (χ3v) is 12.2. The van der Waals surface area contributed by atoms with E-state index in [0.717, 1.165) is 103 Å². The molecule has 2 aliphatic rings. The Bertz CT molecular complexity index is 1410. The van der Waals surface area contributed by atoms with Crippen molar-refractivity contribution < 1.29 is 69.0 Å². The largest absolute Gasteiger partial charge is 0.457 e. The van der Waals surface area contributed by atoms with Crippen molar-refractivity contribution in [2.24, 2.45) is 0 Å². The molecule has 0 saturated carbocycles. The number of carbonyl (C=O) groups is 1. The van der Waals surface area contributed by atoms with Gasteiger partial charge in [-0.2, -0.15) is 0 Å². The van der Waals surface area contributed by atoms with Gasteiger partial charge in [-0.15, -0.1) is 0 Å². The Hall–Kier alpha value is -2.57. The molecule has 14 heteroatoms. The molecule has 398 valence electrons. The minimum Gasteiger partial charge on any atom is -0.457 e. The average Bonchev–Trinajstić information content (AvgIpc) is 3.35. The quantitative estimate of drug-likeness (QED) is 0.0175. The monoisotopic (exact) mass is 979 g/mol. The highest BCUT2D eigenvalue weighted by Gasteiger charge is 2.47. The number of aliphatic hydroxyl groups is 7. The van der Waals surface area contributed by atoms with Crippen molar-refractivity contribution in [3.63, 3.8) is 0 Å². The number of unbranched alkanes of at least 4 members (excludes halogenated alkanes) is 15. The van der Waals surface area contributed by atoms with Crippen LogP contribution in [0, 0.1) is 0 Å². The van der Waals surface area contributed by atoms with E-state index in [4.69, 9.17) is 28.4 Å². The smallest absolute Gasteiger partial charge is 0.306 e. The van der Waals surface area contributed by atoms with Crippen LogP contribution in [0.1, 0.15) is 168 Å². The van der Waals surface area contributed by atoms with Gasteiger partial charge in [0.15, 0.2) is 12.6 Å². The van der Waals surface area contributed by atoms with Gasteiger partial charge >= 0.3 is 5.97 Å². The zero-order valence-electron chi connectivity index (χ0n) is 42.3. The number of hydrogen-bond donors (Lipinski definition) is 7.